The van der Waals surface area contributed by atoms with Crippen LogP contribution >= 0.6 is 23.2 Å². The molecule has 45 heavy (non-hydrogen) atoms. The summed E-state index contributed by atoms with van der Waals surface area (Å²) in [7, 11) is 0.0358. The summed E-state index contributed by atoms with van der Waals surface area (Å²) in [5, 5.41) is 3.35. The topological polar surface area (TPSA) is 105 Å². The first-order chi connectivity index (χ1) is 21.6. The number of methoxy groups -OCH3 is 2. The molecule has 0 radical (unpaired) electrons. The van der Waals surface area contributed by atoms with Gasteiger partial charge >= 0.3 is 0 Å². The summed E-state index contributed by atoms with van der Waals surface area (Å²) in [6.07, 6.45) is 0.164. The number of hydrogen-bond acceptors (Lipinski definition) is 6. The molecular weight excluding hydrogens is 637 g/mol. The highest BCUT2D eigenvalue weighted by molar-refractivity contribution is 7.92. The van der Waals surface area contributed by atoms with Crippen molar-refractivity contribution in [1.29, 1.82) is 0 Å². The Labute approximate surface area is 273 Å². The Bertz CT molecular complexity index is 1740. The molecule has 0 aliphatic rings. The van der Waals surface area contributed by atoms with Crippen LogP contribution in [0.3, 0.4) is 0 Å². The molecule has 9 nitrogen and oxygen atoms in total. The molecule has 236 valence electrons. The zero-order valence-electron chi connectivity index (χ0n) is 24.9. The highest BCUT2D eigenvalue weighted by Crippen LogP contribution is 2.33. The molecular formula is C33H33Cl2N3O6S. The highest BCUT2D eigenvalue weighted by atomic mass is 35.5. The number of hydrogen-bond donors (Lipinski definition) is 1. The second kappa shape index (κ2) is 15.2. The lowest BCUT2D eigenvalue weighted by molar-refractivity contribution is -0.139. The lowest BCUT2D eigenvalue weighted by Gasteiger charge is -2.34. The van der Waals surface area contributed by atoms with Crippen LogP contribution in [0.1, 0.15) is 11.1 Å². The number of halogens is 2. The Balaban J connectivity index is 1.83. The molecule has 0 spiro atoms. The number of carbonyl (C=O) groups excluding carboxylic acids is 2. The molecule has 4 rings (SSSR count). The molecule has 4 aromatic rings. The molecule has 0 heterocycles. The molecule has 0 saturated carbocycles. The molecule has 4 aromatic carbocycles. The van der Waals surface area contributed by atoms with E-state index in [2.05, 4.69) is 5.32 Å². The van der Waals surface area contributed by atoms with Crippen LogP contribution in [-0.2, 0) is 32.6 Å². The molecule has 0 aromatic heterocycles. The number of nitrogens with zero attached hydrogens (tertiary/aromatic N) is 2. The average molecular weight is 671 g/mol. The highest BCUT2D eigenvalue weighted by Gasteiger charge is 2.35. The van der Waals surface area contributed by atoms with Gasteiger partial charge in [0.25, 0.3) is 10.0 Å². The minimum Gasteiger partial charge on any atom is -0.497 e. The number of nitrogens with one attached hydrogen (secondary N) is 1. The van der Waals surface area contributed by atoms with Gasteiger partial charge in [-0.1, -0.05) is 71.7 Å². The maximum Gasteiger partial charge on any atom is 0.264 e. The van der Waals surface area contributed by atoms with Gasteiger partial charge in [-0.25, -0.2) is 8.42 Å². The third-order valence-electron chi connectivity index (χ3n) is 7.15. The van der Waals surface area contributed by atoms with Crippen molar-refractivity contribution in [1.82, 2.24) is 10.2 Å². The van der Waals surface area contributed by atoms with Gasteiger partial charge in [0.2, 0.25) is 11.8 Å². The Morgan fingerprint density at radius 1 is 0.867 bits per heavy atom. The maximum atomic E-state index is 14.4. The first-order valence-corrected chi connectivity index (χ1v) is 16.1. The van der Waals surface area contributed by atoms with Gasteiger partial charge in [-0.2, -0.15) is 0 Å². The summed E-state index contributed by atoms with van der Waals surface area (Å²) in [6, 6.07) is 25.4. The number of likely N-dealkylation sites (N-methyl/N-ethyl adjacent to an activating group) is 1. The SMILES string of the molecule is CNC(=O)[C@@H](Cc1ccccc1)N(Cc1ccc(Cl)cc1Cl)C(=O)CN(c1ccccc1OC)S(=O)(=O)c1ccc(OC)cc1. The summed E-state index contributed by atoms with van der Waals surface area (Å²) >= 11 is 12.6. The van der Waals surface area contributed by atoms with Crippen LogP contribution in [0.5, 0.6) is 11.5 Å². The van der Waals surface area contributed by atoms with Crippen LogP contribution in [0.4, 0.5) is 5.69 Å². The molecule has 2 amide bonds. The van der Waals surface area contributed by atoms with Crippen LogP contribution in [0.15, 0.2) is 102 Å². The molecule has 0 saturated heterocycles. The van der Waals surface area contributed by atoms with Gasteiger partial charge < -0.3 is 19.7 Å². The summed E-state index contributed by atoms with van der Waals surface area (Å²) < 4.78 is 40.1. The van der Waals surface area contributed by atoms with E-state index in [1.807, 2.05) is 30.3 Å². The number of sulfonamides is 1. The van der Waals surface area contributed by atoms with Crippen LogP contribution < -0.4 is 19.1 Å². The standard InChI is InChI=1S/C33H33Cl2N3O6S/c1-36-33(40)30(19-23-9-5-4-6-10-23)37(21-24-13-14-25(34)20-28(24)35)32(39)22-38(29-11-7-8-12-31(29)44-3)45(41,42)27-17-15-26(43-2)16-18-27/h4-18,20,30H,19,21-22H2,1-3H3,(H,36,40)/t30-/m1/s1. The Hall–Kier alpha value is -4.25. The summed E-state index contributed by atoms with van der Waals surface area (Å²) in [5.74, 6) is -0.372. The van der Waals surface area contributed by atoms with Gasteiger partial charge in [-0.05, 0) is 59.7 Å². The molecule has 12 heteroatoms. The van der Waals surface area contributed by atoms with E-state index < -0.39 is 34.4 Å². The molecule has 0 bridgehead atoms. The van der Waals surface area contributed by atoms with Crippen molar-refractivity contribution in [3.05, 3.63) is 118 Å². The predicted octanol–water partition coefficient (Wildman–Crippen LogP) is 5.59. The van der Waals surface area contributed by atoms with Crippen molar-refractivity contribution in [3.63, 3.8) is 0 Å². The van der Waals surface area contributed by atoms with Gasteiger partial charge in [0.1, 0.15) is 24.1 Å². The number of amides is 2. The zero-order valence-corrected chi connectivity index (χ0v) is 27.3. The first kappa shape index (κ1) is 33.6. The van der Waals surface area contributed by atoms with Gasteiger partial charge in [-0.15, -0.1) is 0 Å². The monoisotopic (exact) mass is 669 g/mol. The Morgan fingerprint density at radius 3 is 2.16 bits per heavy atom. The van der Waals surface area contributed by atoms with Gasteiger partial charge in [0, 0.05) is 30.1 Å². The van der Waals surface area contributed by atoms with Crippen molar-refractivity contribution in [2.45, 2.75) is 23.9 Å². The van der Waals surface area contributed by atoms with Crippen LogP contribution in [0, 0.1) is 0 Å². The molecule has 0 aliphatic heterocycles. The van der Waals surface area contributed by atoms with E-state index in [1.165, 1.54) is 50.4 Å². The Kier molecular flexibility index (Phi) is 11.3. The van der Waals surface area contributed by atoms with Crippen molar-refractivity contribution in [2.24, 2.45) is 0 Å². The number of benzene rings is 4. The molecule has 0 aliphatic carbocycles. The minimum atomic E-state index is -4.33. The van der Waals surface area contributed by atoms with E-state index >= 15 is 0 Å². The van der Waals surface area contributed by atoms with E-state index in [-0.39, 0.29) is 29.3 Å². The second-order valence-corrected chi connectivity index (χ2v) is 12.6. The van der Waals surface area contributed by atoms with Crippen molar-refractivity contribution in [3.8, 4) is 11.5 Å². The van der Waals surface area contributed by atoms with Gasteiger partial charge in [0.15, 0.2) is 0 Å². The van der Waals surface area contributed by atoms with Crippen molar-refractivity contribution < 1.29 is 27.5 Å². The van der Waals surface area contributed by atoms with Gasteiger partial charge in [-0.3, -0.25) is 13.9 Å². The molecule has 0 unspecified atom stereocenters. The zero-order chi connectivity index (χ0) is 32.6. The van der Waals surface area contributed by atoms with E-state index in [4.69, 9.17) is 32.7 Å². The third kappa shape index (κ3) is 8.08. The van der Waals surface area contributed by atoms with Crippen LogP contribution in [0.2, 0.25) is 10.0 Å². The number of ether oxygens (including phenoxy) is 2. The number of anilines is 1. The number of para-hydroxylation sites is 2. The average Bonchev–Trinajstić information content (AvgIpc) is 3.06. The fourth-order valence-corrected chi connectivity index (χ4v) is 6.67. The predicted molar refractivity (Wildman–Crippen MR) is 176 cm³/mol. The van der Waals surface area contributed by atoms with Crippen molar-refractivity contribution >= 4 is 50.7 Å². The molecule has 1 N–H and O–H groups in total. The quantitative estimate of drug-likeness (QED) is 0.199. The largest absolute Gasteiger partial charge is 0.497 e. The molecule has 1 atom stereocenters. The van der Waals surface area contributed by atoms with E-state index in [0.29, 0.717) is 21.4 Å². The summed E-state index contributed by atoms with van der Waals surface area (Å²) in [6.45, 7) is -0.746. The number of carbonyl (C=O) groups is 2. The van der Waals surface area contributed by atoms with E-state index in [0.717, 1.165) is 9.87 Å². The van der Waals surface area contributed by atoms with Gasteiger partial charge in [0.05, 0.1) is 24.8 Å². The fourth-order valence-electron chi connectivity index (χ4n) is 4.78. The van der Waals surface area contributed by atoms with Crippen molar-refractivity contribution in [2.75, 3.05) is 32.1 Å². The maximum absolute atomic E-state index is 14.4. The summed E-state index contributed by atoms with van der Waals surface area (Å²) in [4.78, 5) is 29.1. The third-order valence-corrected chi connectivity index (χ3v) is 9.51. The normalized spacial score (nSPS) is 11.8. The van der Waals surface area contributed by atoms with E-state index in [1.54, 1.807) is 42.5 Å². The fraction of sp³-hybridized carbons (Fsp3) is 0.212. The van der Waals surface area contributed by atoms with Crippen LogP contribution in [-0.4, -0.2) is 59.0 Å². The number of rotatable bonds is 13. The second-order valence-electron chi connectivity index (χ2n) is 9.94. The lowest BCUT2D eigenvalue weighted by Crippen LogP contribution is -2.53. The minimum absolute atomic E-state index is 0.0681. The smallest absolute Gasteiger partial charge is 0.264 e. The van der Waals surface area contributed by atoms with Crippen LogP contribution in [0.25, 0.3) is 0 Å². The Morgan fingerprint density at radius 2 is 1.53 bits per heavy atom. The lowest BCUT2D eigenvalue weighted by atomic mass is 10.0. The summed E-state index contributed by atoms with van der Waals surface area (Å²) in [5.41, 5.74) is 1.48. The van der Waals surface area contributed by atoms with E-state index in [9.17, 15) is 18.0 Å². The first-order valence-electron chi connectivity index (χ1n) is 13.9. The molecule has 0 fully saturated rings.